The van der Waals surface area contributed by atoms with Crippen LogP contribution in [0.5, 0.6) is 0 Å². The molecule has 1 saturated heterocycles. The highest BCUT2D eigenvalue weighted by molar-refractivity contribution is 7.91. The first kappa shape index (κ1) is 20.7. The number of carbonyl (C=O) groups is 1. The van der Waals surface area contributed by atoms with E-state index in [1.165, 1.54) is 23.2 Å². The van der Waals surface area contributed by atoms with E-state index in [0.29, 0.717) is 30.2 Å². The van der Waals surface area contributed by atoms with Crippen LogP contribution in [0.2, 0.25) is 0 Å². The maximum atomic E-state index is 12.7. The zero-order valence-electron chi connectivity index (χ0n) is 16.7. The Bertz CT molecular complexity index is 1160. The summed E-state index contributed by atoms with van der Waals surface area (Å²) in [4.78, 5) is 22.8. The highest BCUT2D eigenvalue weighted by atomic mass is 32.2. The SMILES string of the molecule is Cc1c(C(=O)NCCc2ccccc2)sc2ncnc(NCC3CCS(=O)(=O)C3)c12. The van der Waals surface area contributed by atoms with Gasteiger partial charge in [-0.2, -0.15) is 0 Å². The molecule has 3 heterocycles. The monoisotopic (exact) mass is 444 g/mol. The molecule has 1 amide bonds. The first-order chi connectivity index (χ1) is 14.4. The third-order valence-corrected chi connectivity index (χ3v) is 8.40. The van der Waals surface area contributed by atoms with Gasteiger partial charge in [-0.15, -0.1) is 11.3 Å². The second-order valence-corrected chi connectivity index (χ2v) is 10.8. The van der Waals surface area contributed by atoms with Crippen LogP contribution in [0.1, 0.15) is 27.2 Å². The van der Waals surface area contributed by atoms with Gasteiger partial charge in [0, 0.05) is 13.1 Å². The molecule has 158 valence electrons. The molecule has 0 spiro atoms. The number of sulfone groups is 1. The minimum atomic E-state index is -2.91. The van der Waals surface area contributed by atoms with Crippen LogP contribution in [0.4, 0.5) is 5.82 Å². The van der Waals surface area contributed by atoms with Crippen LogP contribution in [-0.4, -0.2) is 48.9 Å². The zero-order valence-corrected chi connectivity index (χ0v) is 18.4. The van der Waals surface area contributed by atoms with Crippen molar-refractivity contribution in [3.8, 4) is 0 Å². The van der Waals surface area contributed by atoms with Gasteiger partial charge in [0.2, 0.25) is 0 Å². The van der Waals surface area contributed by atoms with E-state index in [9.17, 15) is 13.2 Å². The summed E-state index contributed by atoms with van der Waals surface area (Å²) in [6, 6.07) is 10.0. The molecular formula is C21H24N4O3S2. The molecule has 3 aromatic rings. The lowest BCUT2D eigenvalue weighted by Gasteiger charge is -2.11. The summed E-state index contributed by atoms with van der Waals surface area (Å²) in [5, 5.41) is 7.11. The van der Waals surface area contributed by atoms with Crippen molar-refractivity contribution in [2.24, 2.45) is 5.92 Å². The van der Waals surface area contributed by atoms with Crippen LogP contribution < -0.4 is 10.6 Å². The van der Waals surface area contributed by atoms with Gasteiger partial charge >= 0.3 is 0 Å². The average Bonchev–Trinajstić information content (AvgIpc) is 3.26. The van der Waals surface area contributed by atoms with Gasteiger partial charge in [-0.3, -0.25) is 4.79 Å². The predicted octanol–water partition coefficient (Wildman–Crippen LogP) is 2.82. The summed E-state index contributed by atoms with van der Waals surface area (Å²) >= 11 is 1.35. The van der Waals surface area contributed by atoms with E-state index in [2.05, 4.69) is 20.6 Å². The van der Waals surface area contributed by atoms with Crippen LogP contribution in [0.25, 0.3) is 10.2 Å². The average molecular weight is 445 g/mol. The van der Waals surface area contributed by atoms with Gasteiger partial charge in [-0.05, 0) is 36.8 Å². The molecular weight excluding hydrogens is 420 g/mol. The number of benzene rings is 1. The molecule has 0 bridgehead atoms. The number of hydrogen-bond acceptors (Lipinski definition) is 7. The zero-order chi connectivity index (χ0) is 21.1. The summed E-state index contributed by atoms with van der Waals surface area (Å²) in [7, 11) is -2.91. The van der Waals surface area contributed by atoms with Crippen LogP contribution in [0.3, 0.4) is 0 Å². The standard InChI is InChI=1S/C21H24N4O3S2/c1-14-17-19(23-11-16-8-10-30(27,28)12-16)24-13-25-21(17)29-18(14)20(26)22-9-7-15-5-3-2-4-6-15/h2-6,13,16H,7-12H2,1H3,(H,22,26)(H,23,24,25). The van der Waals surface area contributed by atoms with E-state index in [1.54, 1.807) is 0 Å². The maximum absolute atomic E-state index is 12.7. The minimum absolute atomic E-state index is 0.0831. The predicted molar refractivity (Wildman–Crippen MR) is 120 cm³/mol. The summed E-state index contributed by atoms with van der Waals surface area (Å²) < 4.78 is 23.4. The Kier molecular flexibility index (Phi) is 6.01. The number of hydrogen-bond donors (Lipinski definition) is 2. The fraction of sp³-hybridized carbons (Fsp3) is 0.381. The number of amides is 1. The number of nitrogens with one attached hydrogen (secondary N) is 2. The lowest BCUT2D eigenvalue weighted by atomic mass is 10.1. The number of nitrogens with zero attached hydrogens (tertiary/aromatic N) is 2. The van der Waals surface area contributed by atoms with Crippen LogP contribution in [0.15, 0.2) is 36.7 Å². The molecule has 2 N–H and O–H groups in total. The summed E-state index contributed by atoms with van der Waals surface area (Å²) in [6.45, 7) is 3.00. The van der Waals surface area contributed by atoms with Crippen LogP contribution in [0, 0.1) is 12.8 Å². The normalized spacial score (nSPS) is 17.8. The van der Waals surface area contributed by atoms with Crippen molar-refractivity contribution in [3.05, 3.63) is 52.7 Å². The van der Waals surface area contributed by atoms with E-state index in [0.717, 1.165) is 22.2 Å². The van der Waals surface area contributed by atoms with Crippen molar-refractivity contribution >= 4 is 43.1 Å². The molecule has 9 heteroatoms. The van der Waals surface area contributed by atoms with E-state index in [-0.39, 0.29) is 23.3 Å². The third kappa shape index (κ3) is 4.62. The number of aromatic nitrogens is 2. The second-order valence-electron chi connectivity index (χ2n) is 7.60. The second kappa shape index (κ2) is 8.69. The van der Waals surface area contributed by atoms with Crippen molar-refractivity contribution in [2.75, 3.05) is 29.9 Å². The van der Waals surface area contributed by atoms with Gasteiger partial charge in [0.15, 0.2) is 9.84 Å². The molecule has 1 aromatic carbocycles. The quantitative estimate of drug-likeness (QED) is 0.581. The molecule has 1 fully saturated rings. The van der Waals surface area contributed by atoms with Gasteiger partial charge in [-0.25, -0.2) is 18.4 Å². The fourth-order valence-electron chi connectivity index (χ4n) is 3.74. The van der Waals surface area contributed by atoms with Crippen LogP contribution in [-0.2, 0) is 16.3 Å². The number of carbonyl (C=O) groups excluding carboxylic acids is 1. The van der Waals surface area contributed by atoms with Gasteiger partial charge in [-0.1, -0.05) is 30.3 Å². The van der Waals surface area contributed by atoms with Crippen molar-refractivity contribution < 1.29 is 13.2 Å². The summed E-state index contributed by atoms with van der Waals surface area (Å²) in [5.41, 5.74) is 2.02. The third-order valence-electron chi connectivity index (χ3n) is 5.36. The molecule has 7 nitrogen and oxygen atoms in total. The highest BCUT2D eigenvalue weighted by Crippen LogP contribution is 2.33. The molecule has 30 heavy (non-hydrogen) atoms. The summed E-state index contributed by atoms with van der Waals surface area (Å²) in [5.74, 6) is 1.09. The van der Waals surface area contributed by atoms with E-state index < -0.39 is 9.84 Å². The minimum Gasteiger partial charge on any atom is -0.369 e. The summed E-state index contributed by atoms with van der Waals surface area (Å²) in [6.07, 6.45) is 2.91. The first-order valence-corrected chi connectivity index (χ1v) is 12.6. The highest BCUT2D eigenvalue weighted by Gasteiger charge is 2.28. The van der Waals surface area contributed by atoms with Crippen molar-refractivity contribution in [1.29, 1.82) is 0 Å². The Morgan fingerprint density at radius 3 is 2.77 bits per heavy atom. The van der Waals surface area contributed by atoms with Gasteiger partial charge in [0.05, 0.1) is 21.8 Å². The molecule has 2 aromatic heterocycles. The number of fused-ring (bicyclic) bond motifs is 1. The number of aryl methyl sites for hydroxylation is 1. The molecule has 0 aliphatic carbocycles. The number of rotatable bonds is 7. The molecule has 1 unspecified atom stereocenters. The maximum Gasteiger partial charge on any atom is 0.261 e. The van der Waals surface area contributed by atoms with Crippen molar-refractivity contribution in [1.82, 2.24) is 15.3 Å². The molecule has 1 aliphatic rings. The van der Waals surface area contributed by atoms with Crippen LogP contribution >= 0.6 is 11.3 Å². The Labute approximate surface area is 179 Å². The Morgan fingerprint density at radius 2 is 2.03 bits per heavy atom. The number of anilines is 1. The molecule has 0 radical (unpaired) electrons. The lowest BCUT2D eigenvalue weighted by Crippen LogP contribution is -2.25. The Balaban J connectivity index is 1.45. The smallest absolute Gasteiger partial charge is 0.261 e. The Morgan fingerprint density at radius 1 is 1.23 bits per heavy atom. The van der Waals surface area contributed by atoms with Gasteiger partial charge in [0.25, 0.3) is 5.91 Å². The van der Waals surface area contributed by atoms with Gasteiger partial charge < -0.3 is 10.6 Å². The Hall–Kier alpha value is -2.52. The van der Waals surface area contributed by atoms with E-state index in [4.69, 9.17) is 0 Å². The molecule has 1 atom stereocenters. The van der Waals surface area contributed by atoms with Crippen molar-refractivity contribution in [2.45, 2.75) is 19.8 Å². The van der Waals surface area contributed by atoms with E-state index in [1.807, 2.05) is 37.3 Å². The molecule has 0 saturated carbocycles. The molecule has 4 rings (SSSR count). The lowest BCUT2D eigenvalue weighted by molar-refractivity contribution is 0.0957. The topological polar surface area (TPSA) is 101 Å². The van der Waals surface area contributed by atoms with Gasteiger partial charge in [0.1, 0.15) is 17.0 Å². The molecule has 1 aliphatic heterocycles. The van der Waals surface area contributed by atoms with E-state index >= 15 is 0 Å². The first-order valence-electron chi connectivity index (χ1n) is 9.93. The van der Waals surface area contributed by atoms with Crippen molar-refractivity contribution in [3.63, 3.8) is 0 Å². The largest absolute Gasteiger partial charge is 0.369 e. The number of thiophene rings is 1. The fourth-order valence-corrected chi connectivity index (χ4v) is 6.67.